The van der Waals surface area contributed by atoms with Crippen molar-refractivity contribution in [3.63, 3.8) is 0 Å². The Hall–Kier alpha value is -2.59. The molecule has 33 heavy (non-hydrogen) atoms. The molecule has 0 radical (unpaired) electrons. The number of amides is 1. The summed E-state index contributed by atoms with van der Waals surface area (Å²) in [6, 6.07) is 9.17. The van der Waals surface area contributed by atoms with Crippen molar-refractivity contribution in [2.75, 3.05) is 37.7 Å². The summed E-state index contributed by atoms with van der Waals surface area (Å²) in [4.78, 5) is 20.9. The van der Waals surface area contributed by atoms with E-state index < -0.39 is 0 Å². The fourth-order valence-corrected chi connectivity index (χ4v) is 4.46. The van der Waals surface area contributed by atoms with Crippen LogP contribution in [0.2, 0.25) is 5.15 Å². The van der Waals surface area contributed by atoms with Crippen molar-refractivity contribution in [2.45, 2.75) is 38.7 Å². The van der Waals surface area contributed by atoms with Gasteiger partial charge in [0.25, 0.3) is 5.91 Å². The van der Waals surface area contributed by atoms with Crippen molar-refractivity contribution < 1.29 is 15.0 Å². The molecule has 0 atom stereocenters. The molecule has 2 fully saturated rings. The maximum Gasteiger partial charge on any atom is 0.253 e. The zero-order valence-corrected chi connectivity index (χ0v) is 19.7. The van der Waals surface area contributed by atoms with Crippen LogP contribution in [0, 0.1) is 17.3 Å². The quantitative estimate of drug-likeness (QED) is 0.535. The molecule has 1 aromatic carbocycles. The first-order valence-electron chi connectivity index (χ1n) is 11.5. The van der Waals surface area contributed by atoms with E-state index in [1.165, 1.54) is 0 Å². The number of piperidine rings is 2. The minimum absolute atomic E-state index is 0.00873. The van der Waals surface area contributed by atoms with Crippen LogP contribution in [-0.2, 0) is 0 Å². The molecule has 6 nitrogen and oxygen atoms in total. The van der Waals surface area contributed by atoms with Gasteiger partial charge in [0.05, 0.1) is 17.4 Å². The van der Waals surface area contributed by atoms with Crippen molar-refractivity contribution in [1.29, 1.82) is 0 Å². The van der Waals surface area contributed by atoms with Gasteiger partial charge < -0.3 is 20.0 Å². The van der Waals surface area contributed by atoms with Crippen LogP contribution in [0.25, 0.3) is 0 Å². The number of carbonyl (C=O) groups is 1. The van der Waals surface area contributed by atoms with E-state index in [0.717, 1.165) is 42.7 Å². The summed E-state index contributed by atoms with van der Waals surface area (Å²) in [6.07, 6.45) is 4.46. The van der Waals surface area contributed by atoms with Gasteiger partial charge in [0.15, 0.2) is 0 Å². The molecule has 3 heterocycles. The highest BCUT2D eigenvalue weighted by Crippen LogP contribution is 2.34. The highest BCUT2D eigenvalue weighted by atomic mass is 35.5. The molecule has 174 valence electrons. The number of rotatable bonds is 3. The molecule has 2 saturated heterocycles. The summed E-state index contributed by atoms with van der Waals surface area (Å²) in [7, 11) is 0. The fraction of sp³-hybridized carbons (Fsp3) is 0.462. The Morgan fingerprint density at radius 3 is 2.45 bits per heavy atom. The van der Waals surface area contributed by atoms with Crippen LogP contribution < -0.4 is 4.90 Å². The van der Waals surface area contributed by atoms with Gasteiger partial charge in [-0.05, 0) is 55.4 Å². The van der Waals surface area contributed by atoms with E-state index in [9.17, 15) is 15.0 Å². The van der Waals surface area contributed by atoms with Crippen LogP contribution in [0.1, 0.15) is 54.1 Å². The van der Waals surface area contributed by atoms with Crippen LogP contribution in [0.4, 0.5) is 5.69 Å². The summed E-state index contributed by atoms with van der Waals surface area (Å²) in [5.74, 6) is 6.39. The number of nitrogens with zero attached hydrogens (tertiary/aromatic N) is 3. The molecule has 2 aliphatic heterocycles. The number of anilines is 1. The lowest BCUT2D eigenvalue weighted by atomic mass is 9.81. The average molecular weight is 468 g/mol. The van der Waals surface area contributed by atoms with E-state index in [1.807, 2.05) is 18.2 Å². The molecule has 0 aliphatic carbocycles. The molecule has 0 unspecified atom stereocenters. The number of aliphatic hydroxyl groups is 2. The van der Waals surface area contributed by atoms with Gasteiger partial charge in [-0.15, -0.1) is 0 Å². The molecule has 0 saturated carbocycles. The zero-order chi connectivity index (χ0) is 23.4. The minimum Gasteiger partial charge on any atom is -0.396 e. The van der Waals surface area contributed by atoms with Crippen LogP contribution in [0.5, 0.6) is 0 Å². The number of aromatic nitrogens is 1. The number of hydrogen-bond acceptors (Lipinski definition) is 5. The van der Waals surface area contributed by atoms with Crippen LogP contribution in [0.15, 0.2) is 36.5 Å². The maximum absolute atomic E-state index is 12.7. The molecule has 2 aromatic rings. The highest BCUT2D eigenvalue weighted by molar-refractivity contribution is 6.29. The number of carbonyl (C=O) groups excluding carboxylic acids is 1. The topological polar surface area (TPSA) is 76.9 Å². The van der Waals surface area contributed by atoms with E-state index >= 15 is 0 Å². The summed E-state index contributed by atoms with van der Waals surface area (Å²) in [5.41, 5.74) is 3.17. The lowest BCUT2D eigenvalue weighted by molar-refractivity contribution is 0.0546. The third-order valence-corrected chi connectivity index (χ3v) is 6.97. The van der Waals surface area contributed by atoms with Crippen molar-refractivity contribution in [3.8, 4) is 11.8 Å². The van der Waals surface area contributed by atoms with Gasteiger partial charge >= 0.3 is 0 Å². The number of halogens is 1. The van der Waals surface area contributed by atoms with E-state index in [4.69, 9.17) is 11.6 Å². The Balaban J connectivity index is 1.48. The standard InChI is InChI=1S/C26H30ClN3O3/c1-26(18-31)10-14-29(15-11-26)23-16-24(27)28-17-21(23)7-4-19-2-5-20(6-3-19)25(33)30-12-8-22(32)9-13-30/h2-3,5-6,16-17,22,31-32H,8-15,18H2,1H3. The first-order valence-corrected chi connectivity index (χ1v) is 11.9. The third kappa shape index (κ3) is 5.67. The van der Waals surface area contributed by atoms with E-state index in [0.29, 0.717) is 36.6 Å². The van der Waals surface area contributed by atoms with Crippen molar-refractivity contribution in [2.24, 2.45) is 5.41 Å². The smallest absolute Gasteiger partial charge is 0.253 e. The Morgan fingerprint density at radius 2 is 1.82 bits per heavy atom. The average Bonchev–Trinajstić information content (AvgIpc) is 2.84. The van der Waals surface area contributed by atoms with Gasteiger partial charge in [-0.1, -0.05) is 30.4 Å². The molecular weight excluding hydrogens is 438 g/mol. The molecule has 1 amide bonds. The lowest BCUT2D eigenvalue weighted by Gasteiger charge is -2.39. The fourth-order valence-electron chi connectivity index (χ4n) is 4.31. The first-order chi connectivity index (χ1) is 15.9. The van der Waals surface area contributed by atoms with Crippen molar-refractivity contribution >= 4 is 23.2 Å². The van der Waals surface area contributed by atoms with Crippen molar-refractivity contribution in [1.82, 2.24) is 9.88 Å². The molecular formula is C26H30ClN3O3. The Bertz CT molecular complexity index is 1040. The predicted octanol–water partition coefficient (Wildman–Crippen LogP) is 3.33. The van der Waals surface area contributed by atoms with Gasteiger partial charge in [0.1, 0.15) is 5.15 Å². The number of hydrogen-bond donors (Lipinski definition) is 2. The molecule has 2 N–H and O–H groups in total. The van der Waals surface area contributed by atoms with Crippen LogP contribution >= 0.6 is 11.6 Å². The van der Waals surface area contributed by atoms with Gasteiger partial charge in [-0.25, -0.2) is 4.98 Å². The second kappa shape index (κ2) is 10.1. The highest BCUT2D eigenvalue weighted by Gasteiger charge is 2.30. The van der Waals surface area contributed by atoms with Crippen LogP contribution in [-0.4, -0.2) is 64.9 Å². The second-order valence-electron chi connectivity index (χ2n) is 9.33. The van der Waals surface area contributed by atoms with Gasteiger partial charge in [-0.3, -0.25) is 4.79 Å². The van der Waals surface area contributed by atoms with Crippen molar-refractivity contribution in [3.05, 3.63) is 58.4 Å². The first kappa shape index (κ1) is 23.6. The zero-order valence-electron chi connectivity index (χ0n) is 18.9. The van der Waals surface area contributed by atoms with E-state index in [-0.39, 0.29) is 24.0 Å². The normalized spacial score (nSPS) is 18.5. The summed E-state index contributed by atoms with van der Waals surface area (Å²) >= 11 is 6.18. The van der Waals surface area contributed by atoms with E-state index in [1.54, 1.807) is 23.2 Å². The van der Waals surface area contributed by atoms with E-state index in [2.05, 4.69) is 28.6 Å². The third-order valence-electron chi connectivity index (χ3n) is 6.77. The largest absolute Gasteiger partial charge is 0.396 e. The second-order valence-corrected chi connectivity index (χ2v) is 9.72. The van der Waals surface area contributed by atoms with Gasteiger partial charge in [0.2, 0.25) is 0 Å². The SMILES string of the molecule is CC1(CO)CCN(c2cc(Cl)ncc2C#Cc2ccc(C(=O)N3CCC(O)CC3)cc2)CC1. The maximum atomic E-state index is 12.7. The lowest BCUT2D eigenvalue weighted by Crippen LogP contribution is -2.40. The summed E-state index contributed by atoms with van der Waals surface area (Å²) < 4.78 is 0. The molecule has 2 aliphatic rings. The minimum atomic E-state index is -0.303. The molecule has 4 rings (SSSR count). The Morgan fingerprint density at radius 1 is 1.15 bits per heavy atom. The van der Waals surface area contributed by atoms with Gasteiger partial charge in [0, 0.05) is 56.2 Å². The molecule has 1 aromatic heterocycles. The van der Waals surface area contributed by atoms with Crippen LogP contribution in [0.3, 0.4) is 0 Å². The van der Waals surface area contributed by atoms with Gasteiger partial charge in [-0.2, -0.15) is 0 Å². The Kier molecular flexibility index (Phi) is 7.23. The number of aliphatic hydroxyl groups excluding tert-OH is 2. The number of pyridine rings is 1. The summed E-state index contributed by atoms with van der Waals surface area (Å²) in [6.45, 7) is 5.15. The number of benzene rings is 1. The monoisotopic (exact) mass is 467 g/mol. The molecule has 0 bridgehead atoms. The number of likely N-dealkylation sites (tertiary alicyclic amines) is 1. The summed E-state index contributed by atoms with van der Waals surface area (Å²) in [5, 5.41) is 19.7. The Labute approximate surface area is 200 Å². The molecule has 7 heteroatoms. The molecule has 0 spiro atoms. The predicted molar refractivity (Wildman–Crippen MR) is 129 cm³/mol.